The van der Waals surface area contributed by atoms with E-state index in [9.17, 15) is 0 Å². The predicted octanol–water partition coefficient (Wildman–Crippen LogP) is 3.48. The summed E-state index contributed by atoms with van der Waals surface area (Å²) in [6, 6.07) is 16.4. The van der Waals surface area contributed by atoms with Gasteiger partial charge in [0.05, 0.1) is 13.1 Å². The molecule has 0 bridgehead atoms. The van der Waals surface area contributed by atoms with Gasteiger partial charge >= 0.3 is 0 Å². The first-order valence-electron chi connectivity index (χ1n) is 8.29. The molecule has 0 radical (unpaired) electrons. The third kappa shape index (κ3) is 4.70. The Bertz CT molecular complexity index is 866. The summed E-state index contributed by atoms with van der Waals surface area (Å²) in [5, 5.41) is 7.38. The number of benzene rings is 2. The molecule has 5 heteroatoms. The van der Waals surface area contributed by atoms with Crippen molar-refractivity contribution >= 4 is 11.6 Å². The third-order valence-corrected chi connectivity index (χ3v) is 4.11. The first-order chi connectivity index (χ1) is 12.1. The summed E-state index contributed by atoms with van der Waals surface area (Å²) in [4.78, 5) is 4.44. The molecule has 0 atom stereocenters. The Morgan fingerprint density at radius 1 is 1.08 bits per heavy atom. The second kappa shape index (κ2) is 7.66. The summed E-state index contributed by atoms with van der Waals surface area (Å²) in [6.07, 6.45) is 3.74. The van der Waals surface area contributed by atoms with Crippen LogP contribution >= 0.6 is 0 Å². The molecule has 0 saturated heterocycles. The van der Waals surface area contributed by atoms with E-state index in [1.165, 1.54) is 16.7 Å². The number of nitrogens with zero attached hydrogens (tertiary/aromatic N) is 3. The molecule has 0 aliphatic carbocycles. The van der Waals surface area contributed by atoms with E-state index < -0.39 is 0 Å². The van der Waals surface area contributed by atoms with Crippen LogP contribution in [-0.2, 0) is 13.1 Å². The Kier molecular flexibility index (Phi) is 5.14. The molecule has 0 unspecified atom stereocenters. The fourth-order valence-corrected chi connectivity index (χ4v) is 2.59. The summed E-state index contributed by atoms with van der Waals surface area (Å²) >= 11 is 0. The zero-order valence-electron chi connectivity index (χ0n) is 14.6. The van der Waals surface area contributed by atoms with Gasteiger partial charge in [0.1, 0.15) is 0 Å². The fourth-order valence-electron chi connectivity index (χ4n) is 2.59. The smallest absolute Gasteiger partial charge is 0.193 e. The topological polar surface area (TPSA) is 68.2 Å². The van der Waals surface area contributed by atoms with Gasteiger partial charge < -0.3 is 11.1 Å². The van der Waals surface area contributed by atoms with E-state index in [0.29, 0.717) is 12.5 Å². The minimum atomic E-state index is 0.417. The Labute approximate surface area is 148 Å². The van der Waals surface area contributed by atoms with E-state index >= 15 is 0 Å². The summed E-state index contributed by atoms with van der Waals surface area (Å²) in [6.45, 7) is 5.46. The van der Waals surface area contributed by atoms with Crippen molar-refractivity contribution in [2.75, 3.05) is 5.32 Å². The lowest BCUT2D eigenvalue weighted by molar-refractivity contribution is 0.686. The number of anilines is 1. The number of aryl methyl sites for hydroxylation is 2. The van der Waals surface area contributed by atoms with Crippen LogP contribution in [0, 0.1) is 13.8 Å². The van der Waals surface area contributed by atoms with Gasteiger partial charge in [-0.1, -0.05) is 30.3 Å². The predicted molar refractivity (Wildman–Crippen MR) is 103 cm³/mol. The first kappa shape index (κ1) is 16.8. The van der Waals surface area contributed by atoms with Crippen molar-refractivity contribution in [2.24, 2.45) is 10.7 Å². The van der Waals surface area contributed by atoms with E-state index in [0.717, 1.165) is 17.8 Å². The molecule has 0 amide bonds. The molecule has 1 heterocycles. The van der Waals surface area contributed by atoms with Crippen LogP contribution in [0.1, 0.15) is 22.3 Å². The third-order valence-electron chi connectivity index (χ3n) is 4.11. The lowest BCUT2D eigenvalue weighted by Gasteiger charge is -2.08. The van der Waals surface area contributed by atoms with Gasteiger partial charge in [0.15, 0.2) is 5.96 Å². The molecule has 0 fully saturated rings. The number of hydrogen-bond acceptors (Lipinski definition) is 2. The molecule has 3 aromatic rings. The highest BCUT2D eigenvalue weighted by molar-refractivity contribution is 5.92. The van der Waals surface area contributed by atoms with Crippen LogP contribution in [0.15, 0.2) is 65.9 Å². The van der Waals surface area contributed by atoms with Crippen molar-refractivity contribution in [1.29, 1.82) is 0 Å². The minimum absolute atomic E-state index is 0.417. The Morgan fingerprint density at radius 3 is 2.68 bits per heavy atom. The van der Waals surface area contributed by atoms with Crippen LogP contribution in [0.5, 0.6) is 0 Å². The fraction of sp³-hybridized carbons (Fsp3) is 0.200. The van der Waals surface area contributed by atoms with Crippen LogP contribution < -0.4 is 11.1 Å². The molecular formula is C20H23N5. The molecule has 128 valence electrons. The standard InChI is InChI=1S/C20H23N5/c1-15-7-8-19(11-16(15)2)24-20(21)22-13-17-5-3-6-18(12-17)14-25-10-4-9-23-25/h3-12H,13-14H2,1-2H3,(H3,21,22,24). The molecule has 0 aliphatic rings. The van der Waals surface area contributed by atoms with Gasteiger partial charge in [-0.2, -0.15) is 5.10 Å². The van der Waals surface area contributed by atoms with Crippen LogP contribution in [0.25, 0.3) is 0 Å². The van der Waals surface area contributed by atoms with E-state index in [2.05, 4.69) is 59.6 Å². The number of aromatic nitrogens is 2. The Balaban J connectivity index is 1.63. The molecule has 0 aliphatic heterocycles. The molecular weight excluding hydrogens is 310 g/mol. The number of nitrogens with two attached hydrogens (primary N) is 1. The van der Waals surface area contributed by atoms with Gasteiger partial charge in [-0.25, -0.2) is 4.99 Å². The maximum atomic E-state index is 6.01. The molecule has 3 rings (SSSR count). The van der Waals surface area contributed by atoms with Crippen molar-refractivity contribution in [3.8, 4) is 0 Å². The number of aliphatic imine (C=N–C) groups is 1. The normalized spacial score (nSPS) is 11.5. The number of rotatable bonds is 5. The molecule has 5 nitrogen and oxygen atoms in total. The largest absolute Gasteiger partial charge is 0.370 e. The second-order valence-electron chi connectivity index (χ2n) is 6.15. The Hall–Kier alpha value is -3.08. The minimum Gasteiger partial charge on any atom is -0.370 e. The maximum Gasteiger partial charge on any atom is 0.193 e. The SMILES string of the molecule is Cc1ccc(NC(N)=NCc2cccc(Cn3cccn3)c2)cc1C. The van der Waals surface area contributed by atoms with Gasteiger partial charge in [0.2, 0.25) is 0 Å². The summed E-state index contributed by atoms with van der Waals surface area (Å²) in [5.41, 5.74) is 11.8. The van der Waals surface area contributed by atoms with Crippen molar-refractivity contribution in [1.82, 2.24) is 9.78 Å². The number of hydrogen-bond donors (Lipinski definition) is 2. The van der Waals surface area contributed by atoms with E-state index in [-0.39, 0.29) is 0 Å². The molecule has 1 aromatic heterocycles. The summed E-state index contributed by atoms with van der Waals surface area (Å²) < 4.78 is 1.90. The van der Waals surface area contributed by atoms with Gasteiger partial charge in [-0.05, 0) is 54.3 Å². The van der Waals surface area contributed by atoms with Crippen molar-refractivity contribution in [3.63, 3.8) is 0 Å². The number of nitrogens with one attached hydrogen (secondary N) is 1. The molecule has 3 N–H and O–H groups in total. The number of guanidine groups is 1. The van der Waals surface area contributed by atoms with Crippen molar-refractivity contribution in [2.45, 2.75) is 26.9 Å². The van der Waals surface area contributed by atoms with Crippen LogP contribution in [0.3, 0.4) is 0 Å². The molecule has 0 spiro atoms. The average Bonchev–Trinajstić information content (AvgIpc) is 3.10. The van der Waals surface area contributed by atoms with Gasteiger partial charge in [0.25, 0.3) is 0 Å². The van der Waals surface area contributed by atoms with Gasteiger partial charge in [0, 0.05) is 18.1 Å². The second-order valence-corrected chi connectivity index (χ2v) is 6.15. The lowest BCUT2D eigenvalue weighted by atomic mass is 10.1. The van der Waals surface area contributed by atoms with E-state index in [4.69, 9.17) is 5.73 Å². The Morgan fingerprint density at radius 2 is 1.92 bits per heavy atom. The van der Waals surface area contributed by atoms with Crippen LogP contribution in [-0.4, -0.2) is 15.7 Å². The van der Waals surface area contributed by atoms with E-state index in [1.807, 2.05) is 29.1 Å². The van der Waals surface area contributed by atoms with Crippen LogP contribution in [0.4, 0.5) is 5.69 Å². The first-order valence-corrected chi connectivity index (χ1v) is 8.29. The highest BCUT2D eigenvalue weighted by atomic mass is 15.3. The van der Waals surface area contributed by atoms with Gasteiger partial charge in [-0.3, -0.25) is 4.68 Å². The maximum absolute atomic E-state index is 6.01. The average molecular weight is 333 g/mol. The summed E-state index contributed by atoms with van der Waals surface area (Å²) in [7, 11) is 0. The van der Waals surface area contributed by atoms with Crippen molar-refractivity contribution in [3.05, 3.63) is 83.2 Å². The molecule has 0 saturated carbocycles. The summed E-state index contributed by atoms with van der Waals surface area (Å²) in [5.74, 6) is 0.417. The van der Waals surface area contributed by atoms with Crippen LogP contribution in [0.2, 0.25) is 0 Å². The quantitative estimate of drug-likeness (QED) is 0.555. The monoisotopic (exact) mass is 333 g/mol. The zero-order valence-corrected chi connectivity index (χ0v) is 14.6. The van der Waals surface area contributed by atoms with Gasteiger partial charge in [-0.15, -0.1) is 0 Å². The van der Waals surface area contributed by atoms with E-state index in [1.54, 1.807) is 6.20 Å². The molecule has 2 aromatic carbocycles. The highest BCUT2D eigenvalue weighted by Gasteiger charge is 2.00. The lowest BCUT2D eigenvalue weighted by Crippen LogP contribution is -2.22. The zero-order chi connectivity index (χ0) is 17.6. The highest BCUT2D eigenvalue weighted by Crippen LogP contribution is 2.14. The van der Waals surface area contributed by atoms with Crippen molar-refractivity contribution < 1.29 is 0 Å². The molecule has 25 heavy (non-hydrogen) atoms.